The van der Waals surface area contributed by atoms with Gasteiger partial charge in [-0.15, -0.1) is 0 Å². The molecule has 3 aliphatic carbocycles. The van der Waals surface area contributed by atoms with E-state index < -0.39 is 5.67 Å². The van der Waals surface area contributed by atoms with Crippen LogP contribution in [0.5, 0.6) is 0 Å². The van der Waals surface area contributed by atoms with Crippen molar-refractivity contribution in [3.05, 3.63) is 11.6 Å². The third kappa shape index (κ3) is 1.31. The molecule has 0 radical (unpaired) electrons. The van der Waals surface area contributed by atoms with Crippen molar-refractivity contribution in [2.24, 2.45) is 23.5 Å². The maximum atomic E-state index is 13.5. The summed E-state index contributed by atoms with van der Waals surface area (Å²) in [6.45, 7) is 0.811. The number of hydrogen-bond acceptors (Lipinski definition) is 1. The largest absolute Gasteiger partial charge is 0.330 e. The van der Waals surface area contributed by atoms with Gasteiger partial charge in [0, 0.05) is 6.42 Å². The zero-order valence-electron chi connectivity index (χ0n) is 8.51. The van der Waals surface area contributed by atoms with Crippen LogP contribution in [0.25, 0.3) is 0 Å². The quantitative estimate of drug-likeness (QED) is 0.688. The smallest absolute Gasteiger partial charge is 0.115 e. The van der Waals surface area contributed by atoms with Gasteiger partial charge in [0.1, 0.15) is 5.67 Å². The van der Waals surface area contributed by atoms with Gasteiger partial charge in [-0.1, -0.05) is 11.6 Å². The summed E-state index contributed by atoms with van der Waals surface area (Å²) in [6.07, 6.45) is 7.08. The number of nitrogens with two attached hydrogens (primary N) is 1. The van der Waals surface area contributed by atoms with Gasteiger partial charge in [-0.05, 0) is 50.0 Å². The lowest BCUT2D eigenvalue weighted by Gasteiger charge is -2.39. The number of fused-ring (bicyclic) bond motifs is 1. The van der Waals surface area contributed by atoms with Gasteiger partial charge in [-0.25, -0.2) is 4.39 Å². The Kier molecular flexibility index (Phi) is 1.79. The van der Waals surface area contributed by atoms with Crippen LogP contribution in [0.3, 0.4) is 0 Å². The van der Waals surface area contributed by atoms with E-state index in [9.17, 15) is 4.39 Å². The van der Waals surface area contributed by atoms with Gasteiger partial charge in [0.05, 0.1) is 0 Å². The van der Waals surface area contributed by atoms with Crippen LogP contribution in [0.1, 0.15) is 32.1 Å². The predicted octanol–water partition coefficient (Wildman–Crippen LogP) is 2.42. The lowest BCUT2D eigenvalue weighted by Crippen LogP contribution is -2.37. The molecule has 3 rings (SSSR count). The SMILES string of the molecule is NCC1CC2CC(CC3(F)CC3)=CC12. The molecule has 0 heterocycles. The first-order valence-corrected chi connectivity index (χ1v) is 5.79. The Bertz CT molecular complexity index is 280. The van der Waals surface area contributed by atoms with Gasteiger partial charge >= 0.3 is 0 Å². The standard InChI is InChI=1S/C12H18FN/c13-12(1-2-12)6-8-3-9-5-10(7-14)11(9)4-8/h4,9-11H,1-3,5-7,14H2. The highest BCUT2D eigenvalue weighted by atomic mass is 19.1. The van der Waals surface area contributed by atoms with E-state index in [-0.39, 0.29) is 0 Å². The fraction of sp³-hybridized carbons (Fsp3) is 0.833. The first-order valence-electron chi connectivity index (χ1n) is 5.79. The summed E-state index contributed by atoms with van der Waals surface area (Å²) in [5.41, 5.74) is 6.26. The van der Waals surface area contributed by atoms with Crippen molar-refractivity contribution in [3.8, 4) is 0 Å². The minimum atomic E-state index is -0.798. The first kappa shape index (κ1) is 8.90. The topological polar surface area (TPSA) is 26.0 Å². The third-order valence-corrected chi connectivity index (χ3v) is 4.29. The van der Waals surface area contributed by atoms with E-state index in [2.05, 4.69) is 6.08 Å². The maximum absolute atomic E-state index is 13.5. The molecule has 0 aliphatic heterocycles. The van der Waals surface area contributed by atoms with E-state index in [4.69, 9.17) is 5.73 Å². The monoisotopic (exact) mass is 195 g/mol. The van der Waals surface area contributed by atoms with Gasteiger partial charge in [0.2, 0.25) is 0 Å². The highest BCUT2D eigenvalue weighted by Gasteiger charge is 2.47. The molecule has 2 N–H and O–H groups in total. The maximum Gasteiger partial charge on any atom is 0.115 e. The van der Waals surface area contributed by atoms with E-state index in [1.165, 1.54) is 12.0 Å². The van der Waals surface area contributed by atoms with Crippen molar-refractivity contribution in [2.75, 3.05) is 6.54 Å². The summed E-state index contributed by atoms with van der Waals surface area (Å²) < 4.78 is 13.5. The number of allylic oxidation sites excluding steroid dienone is 2. The van der Waals surface area contributed by atoms with E-state index in [0.717, 1.165) is 38.1 Å². The fourth-order valence-corrected chi connectivity index (χ4v) is 3.16. The Morgan fingerprint density at radius 3 is 2.93 bits per heavy atom. The molecule has 0 spiro atoms. The summed E-state index contributed by atoms with van der Waals surface area (Å²) in [7, 11) is 0. The average Bonchev–Trinajstić information content (AvgIpc) is 2.77. The van der Waals surface area contributed by atoms with Gasteiger partial charge in [-0.2, -0.15) is 0 Å². The van der Waals surface area contributed by atoms with E-state index in [0.29, 0.717) is 11.8 Å². The Morgan fingerprint density at radius 2 is 2.29 bits per heavy atom. The summed E-state index contributed by atoms with van der Waals surface area (Å²) in [6, 6.07) is 0. The van der Waals surface area contributed by atoms with Crippen LogP contribution in [-0.4, -0.2) is 12.2 Å². The minimum absolute atomic E-state index is 0.701. The fourth-order valence-electron chi connectivity index (χ4n) is 3.16. The summed E-state index contributed by atoms with van der Waals surface area (Å²) >= 11 is 0. The Morgan fingerprint density at radius 1 is 1.50 bits per heavy atom. The Labute approximate surface area is 84.6 Å². The second-order valence-electron chi connectivity index (χ2n) is 5.43. The lowest BCUT2D eigenvalue weighted by atomic mass is 9.66. The lowest BCUT2D eigenvalue weighted by molar-refractivity contribution is 0.136. The zero-order chi connectivity index (χ0) is 9.76. The van der Waals surface area contributed by atoms with Gasteiger partial charge < -0.3 is 5.73 Å². The second kappa shape index (κ2) is 2.82. The molecular weight excluding hydrogens is 177 g/mol. The van der Waals surface area contributed by atoms with Gasteiger partial charge in [-0.3, -0.25) is 0 Å². The molecule has 0 bridgehead atoms. The Balaban J connectivity index is 1.63. The molecule has 3 atom stereocenters. The van der Waals surface area contributed by atoms with Crippen LogP contribution in [-0.2, 0) is 0 Å². The molecule has 2 saturated carbocycles. The molecule has 3 aliphatic rings. The van der Waals surface area contributed by atoms with Crippen molar-refractivity contribution < 1.29 is 4.39 Å². The molecule has 2 heteroatoms. The molecule has 0 amide bonds. The van der Waals surface area contributed by atoms with E-state index in [1.807, 2.05) is 0 Å². The van der Waals surface area contributed by atoms with Crippen LogP contribution >= 0.6 is 0 Å². The summed E-state index contributed by atoms with van der Waals surface area (Å²) in [5, 5.41) is 0. The summed E-state index contributed by atoms with van der Waals surface area (Å²) in [4.78, 5) is 0. The molecular formula is C12H18FN. The normalized spacial score (nSPS) is 42.7. The van der Waals surface area contributed by atoms with Crippen molar-refractivity contribution in [1.82, 2.24) is 0 Å². The second-order valence-corrected chi connectivity index (χ2v) is 5.43. The van der Waals surface area contributed by atoms with Crippen LogP contribution in [0.4, 0.5) is 4.39 Å². The molecule has 0 aromatic carbocycles. The van der Waals surface area contributed by atoms with Crippen molar-refractivity contribution >= 4 is 0 Å². The number of hydrogen-bond donors (Lipinski definition) is 1. The first-order chi connectivity index (χ1) is 6.70. The molecule has 1 nitrogen and oxygen atoms in total. The summed E-state index contributed by atoms with van der Waals surface area (Å²) in [5.74, 6) is 2.23. The van der Waals surface area contributed by atoms with Crippen LogP contribution in [0.2, 0.25) is 0 Å². The van der Waals surface area contributed by atoms with Crippen molar-refractivity contribution in [2.45, 2.75) is 37.8 Å². The molecule has 14 heavy (non-hydrogen) atoms. The van der Waals surface area contributed by atoms with Gasteiger partial charge in [0.25, 0.3) is 0 Å². The van der Waals surface area contributed by atoms with E-state index in [1.54, 1.807) is 0 Å². The van der Waals surface area contributed by atoms with Gasteiger partial charge in [0.15, 0.2) is 0 Å². The highest BCUT2D eigenvalue weighted by Crippen LogP contribution is 2.53. The van der Waals surface area contributed by atoms with E-state index >= 15 is 0 Å². The van der Waals surface area contributed by atoms with Crippen LogP contribution in [0, 0.1) is 17.8 Å². The van der Waals surface area contributed by atoms with Crippen molar-refractivity contribution in [3.63, 3.8) is 0 Å². The highest BCUT2D eigenvalue weighted by molar-refractivity contribution is 5.23. The molecule has 0 saturated heterocycles. The molecule has 2 fully saturated rings. The predicted molar refractivity (Wildman–Crippen MR) is 54.5 cm³/mol. The van der Waals surface area contributed by atoms with Crippen LogP contribution < -0.4 is 5.73 Å². The zero-order valence-corrected chi connectivity index (χ0v) is 8.51. The Hall–Kier alpha value is -0.370. The number of rotatable bonds is 3. The molecule has 0 aromatic heterocycles. The number of alkyl halides is 1. The molecule has 3 unspecified atom stereocenters. The molecule has 0 aromatic rings. The van der Waals surface area contributed by atoms with Crippen LogP contribution in [0.15, 0.2) is 11.6 Å². The minimum Gasteiger partial charge on any atom is -0.330 e. The average molecular weight is 195 g/mol. The molecule has 78 valence electrons. The van der Waals surface area contributed by atoms with Crippen molar-refractivity contribution in [1.29, 1.82) is 0 Å². The third-order valence-electron chi connectivity index (χ3n) is 4.29. The number of halogens is 1.